The van der Waals surface area contributed by atoms with E-state index in [9.17, 15) is 0 Å². The highest BCUT2D eigenvalue weighted by Crippen LogP contribution is 2.19. The van der Waals surface area contributed by atoms with E-state index in [-0.39, 0.29) is 6.04 Å². The minimum absolute atomic E-state index is 0.218. The van der Waals surface area contributed by atoms with Crippen molar-refractivity contribution < 1.29 is 4.74 Å². The average Bonchev–Trinajstić information content (AvgIpc) is 2.42. The molecule has 4 heteroatoms. The van der Waals surface area contributed by atoms with Crippen molar-refractivity contribution in [1.29, 1.82) is 0 Å². The second-order valence-electron chi connectivity index (χ2n) is 4.09. The Bertz CT molecular complexity index is 387. The molecule has 4 nitrogen and oxygen atoms in total. The zero-order valence-electron chi connectivity index (χ0n) is 11.1. The summed E-state index contributed by atoms with van der Waals surface area (Å²) in [6.07, 6.45) is 10.7. The zero-order valence-corrected chi connectivity index (χ0v) is 11.1. The van der Waals surface area contributed by atoms with E-state index in [1.54, 1.807) is 7.11 Å². The summed E-state index contributed by atoms with van der Waals surface area (Å²) in [6.45, 7) is 3.11. The minimum atomic E-state index is 0.218. The summed E-state index contributed by atoms with van der Waals surface area (Å²) < 4.78 is 5.12. The fourth-order valence-electron chi connectivity index (χ4n) is 1.74. The van der Waals surface area contributed by atoms with E-state index in [1.165, 1.54) is 6.33 Å². The normalized spacial score (nSPS) is 11.8. The summed E-state index contributed by atoms with van der Waals surface area (Å²) in [6, 6.07) is 2.10. The Kier molecular flexibility index (Phi) is 6.82. The first-order chi connectivity index (χ1) is 8.81. The number of terminal acetylenes is 1. The number of methoxy groups -OCH3 is 1. The SMILES string of the molecule is C#CCCCC(NCCC)c1cc(OC)ncn1. The van der Waals surface area contributed by atoms with E-state index in [1.807, 2.05) is 6.07 Å². The lowest BCUT2D eigenvalue weighted by Gasteiger charge is -2.17. The van der Waals surface area contributed by atoms with Crippen molar-refractivity contribution >= 4 is 0 Å². The van der Waals surface area contributed by atoms with Gasteiger partial charge in [-0.2, -0.15) is 0 Å². The third-order valence-corrected chi connectivity index (χ3v) is 2.68. The van der Waals surface area contributed by atoms with Crippen molar-refractivity contribution in [1.82, 2.24) is 15.3 Å². The first-order valence-corrected chi connectivity index (χ1v) is 6.34. The quantitative estimate of drug-likeness (QED) is 0.566. The molecule has 0 amide bonds. The molecule has 18 heavy (non-hydrogen) atoms. The van der Waals surface area contributed by atoms with Gasteiger partial charge in [0.05, 0.1) is 12.8 Å². The molecule has 1 aromatic heterocycles. The lowest BCUT2D eigenvalue weighted by atomic mass is 10.1. The van der Waals surface area contributed by atoms with Crippen molar-refractivity contribution in [3.8, 4) is 18.2 Å². The van der Waals surface area contributed by atoms with Gasteiger partial charge in [-0.15, -0.1) is 12.3 Å². The van der Waals surface area contributed by atoms with Gasteiger partial charge in [0.25, 0.3) is 0 Å². The number of nitrogens with zero attached hydrogens (tertiary/aromatic N) is 2. The van der Waals surface area contributed by atoms with Gasteiger partial charge in [-0.25, -0.2) is 9.97 Å². The van der Waals surface area contributed by atoms with E-state index in [0.29, 0.717) is 5.88 Å². The summed E-state index contributed by atoms with van der Waals surface area (Å²) in [5, 5.41) is 3.48. The van der Waals surface area contributed by atoms with Gasteiger partial charge in [0.1, 0.15) is 6.33 Å². The highest BCUT2D eigenvalue weighted by Gasteiger charge is 2.12. The fraction of sp³-hybridized carbons (Fsp3) is 0.571. The van der Waals surface area contributed by atoms with Crippen molar-refractivity contribution in [2.45, 2.75) is 38.6 Å². The van der Waals surface area contributed by atoms with Gasteiger partial charge in [0, 0.05) is 18.5 Å². The van der Waals surface area contributed by atoms with Gasteiger partial charge in [-0.05, 0) is 25.8 Å². The Labute approximate surface area is 109 Å². The average molecular weight is 247 g/mol. The Hall–Kier alpha value is -1.60. The minimum Gasteiger partial charge on any atom is -0.481 e. The van der Waals surface area contributed by atoms with Gasteiger partial charge >= 0.3 is 0 Å². The van der Waals surface area contributed by atoms with Gasteiger partial charge in [-0.1, -0.05) is 6.92 Å². The van der Waals surface area contributed by atoms with Crippen LogP contribution in [0.5, 0.6) is 5.88 Å². The Morgan fingerprint density at radius 3 is 3.00 bits per heavy atom. The molecule has 0 aromatic carbocycles. The molecule has 98 valence electrons. The molecule has 0 aliphatic heterocycles. The molecule has 0 aliphatic rings. The first kappa shape index (κ1) is 14.5. The second kappa shape index (κ2) is 8.48. The maximum atomic E-state index is 5.28. The molecule has 0 saturated heterocycles. The van der Waals surface area contributed by atoms with E-state index >= 15 is 0 Å². The maximum absolute atomic E-state index is 5.28. The van der Waals surface area contributed by atoms with Crippen LogP contribution >= 0.6 is 0 Å². The van der Waals surface area contributed by atoms with Crippen LogP contribution < -0.4 is 10.1 Å². The summed E-state index contributed by atoms with van der Waals surface area (Å²) in [4.78, 5) is 8.34. The van der Waals surface area contributed by atoms with E-state index < -0.39 is 0 Å². The van der Waals surface area contributed by atoms with E-state index in [4.69, 9.17) is 11.2 Å². The molecule has 0 bridgehead atoms. The molecular weight excluding hydrogens is 226 g/mol. The smallest absolute Gasteiger partial charge is 0.216 e. The number of aromatic nitrogens is 2. The molecule has 0 radical (unpaired) electrons. The number of hydrogen-bond acceptors (Lipinski definition) is 4. The predicted molar refractivity (Wildman–Crippen MR) is 72.3 cm³/mol. The molecule has 1 unspecified atom stereocenters. The largest absolute Gasteiger partial charge is 0.481 e. The highest BCUT2D eigenvalue weighted by atomic mass is 16.5. The number of ether oxygens (including phenoxy) is 1. The van der Waals surface area contributed by atoms with Crippen molar-refractivity contribution in [3.63, 3.8) is 0 Å². The molecule has 0 saturated carbocycles. The first-order valence-electron chi connectivity index (χ1n) is 6.34. The monoisotopic (exact) mass is 247 g/mol. The van der Waals surface area contributed by atoms with Crippen LogP contribution in [0.2, 0.25) is 0 Å². The standard InChI is InChI=1S/C14H21N3O/c1-4-6-7-8-12(15-9-5-2)13-10-14(18-3)17-11-16-13/h1,10-12,15H,5-9H2,2-3H3. The fourth-order valence-corrected chi connectivity index (χ4v) is 1.74. The Morgan fingerprint density at radius 1 is 1.50 bits per heavy atom. The molecule has 1 rings (SSSR count). The molecule has 0 fully saturated rings. The van der Waals surface area contributed by atoms with Crippen LogP contribution in [0, 0.1) is 12.3 Å². The van der Waals surface area contributed by atoms with E-state index in [2.05, 4.69) is 28.1 Å². The van der Waals surface area contributed by atoms with Gasteiger partial charge < -0.3 is 10.1 Å². The Morgan fingerprint density at radius 2 is 2.33 bits per heavy atom. The molecular formula is C14H21N3O. The van der Waals surface area contributed by atoms with Crippen LogP contribution in [-0.4, -0.2) is 23.6 Å². The molecule has 0 spiro atoms. The van der Waals surface area contributed by atoms with Crippen LogP contribution in [0.25, 0.3) is 0 Å². The lowest BCUT2D eigenvalue weighted by Crippen LogP contribution is -2.23. The predicted octanol–water partition coefficient (Wildman–Crippen LogP) is 2.33. The summed E-state index contributed by atoms with van der Waals surface area (Å²) >= 11 is 0. The van der Waals surface area contributed by atoms with Crippen LogP contribution in [-0.2, 0) is 0 Å². The van der Waals surface area contributed by atoms with Crippen molar-refractivity contribution in [3.05, 3.63) is 18.1 Å². The third-order valence-electron chi connectivity index (χ3n) is 2.68. The lowest BCUT2D eigenvalue weighted by molar-refractivity contribution is 0.392. The van der Waals surface area contributed by atoms with E-state index in [0.717, 1.165) is 37.9 Å². The molecule has 1 aromatic rings. The number of hydrogen-bond donors (Lipinski definition) is 1. The van der Waals surface area contributed by atoms with Crippen LogP contribution in [0.3, 0.4) is 0 Å². The highest BCUT2D eigenvalue weighted by molar-refractivity contribution is 5.16. The number of nitrogens with one attached hydrogen (secondary N) is 1. The number of unbranched alkanes of at least 4 members (excludes halogenated alkanes) is 1. The molecule has 1 atom stereocenters. The van der Waals surface area contributed by atoms with Crippen LogP contribution in [0.1, 0.15) is 44.3 Å². The van der Waals surface area contributed by atoms with Crippen molar-refractivity contribution in [2.75, 3.05) is 13.7 Å². The zero-order chi connectivity index (χ0) is 13.2. The molecule has 1 N–H and O–H groups in total. The van der Waals surface area contributed by atoms with Gasteiger partial charge in [0.15, 0.2) is 0 Å². The second-order valence-corrected chi connectivity index (χ2v) is 4.09. The topological polar surface area (TPSA) is 47.0 Å². The molecule has 1 heterocycles. The van der Waals surface area contributed by atoms with Crippen LogP contribution in [0.4, 0.5) is 0 Å². The summed E-state index contributed by atoms with van der Waals surface area (Å²) in [7, 11) is 1.61. The number of rotatable bonds is 8. The molecule has 0 aliphatic carbocycles. The van der Waals surface area contributed by atoms with Gasteiger partial charge in [0.2, 0.25) is 5.88 Å². The van der Waals surface area contributed by atoms with Crippen LogP contribution in [0.15, 0.2) is 12.4 Å². The third kappa shape index (κ3) is 4.72. The van der Waals surface area contributed by atoms with Gasteiger partial charge in [-0.3, -0.25) is 0 Å². The summed E-state index contributed by atoms with van der Waals surface area (Å²) in [5.74, 6) is 3.27. The maximum Gasteiger partial charge on any atom is 0.216 e. The van der Waals surface area contributed by atoms with Crippen molar-refractivity contribution in [2.24, 2.45) is 0 Å². The summed E-state index contributed by atoms with van der Waals surface area (Å²) in [5.41, 5.74) is 0.965. The Balaban J connectivity index is 2.70.